The van der Waals surface area contributed by atoms with Crippen LogP contribution in [0.1, 0.15) is 19.8 Å². The first kappa shape index (κ1) is 21.4. The number of amides is 1. The second-order valence-electron chi connectivity index (χ2n) is 7.57. The largest absolute Gasteiger partial charge is 0.367 e. The first-order chi connectivity index (χ1) is 14.9. The topological polar surface area (TPSA) is 88.0 Å². The van der Waals surface area contributed by atoms with Crippen LogP contribution in [0.5, 0.6) is 0 Å². The fraction of sp³-hybridized carbons (Fsp3) is 0.333. The van der Waals surface area contributed by atoms with Crippen molar-refractivity contribution in [1.82, 2.24) is 24.6 Å². The summed E-state index contributed by atoms with van der Waals surface area (Å²) in [6.07, 6.45) is 7.18. The molecular weight excluding hydrogens is 437 g/mol. The summed E-state index contributed by atoms with van der Waals surface area (Å²) in [5.74, 6) is 1.25. The Morgan fingerprint density at radius 2 is 1.84 bits per heavy atom. The van der Waals surface area contributed by atoms with Crippen molar-refractivity contribution in [2.45, 2.75) is 25.8 Å². The molecule has 0 bridgehead atoms. The Kier molecular flexibility index (Phi) is 6.29. The summed E-state index contributed by atoms with van der Waals surface area (Å²) in [5, 5.41) is 12.0. The highest BCUT2D eigenvalue weighted by Crippen LogP contribution is 2.30. The van der Waals surface area contributed by atoms with Gasteiger partial charge in [0.25, 0.3) is 0 Å². The zero-order valence-corrected chi connectivity index (χ0v) is 18.8. The molecule has 0 radical (unpaired) electrons. The van der Waals surface area contributed by atoms with Gasteiger partial charge in [0.15, 0.2) is 0 Å². The van der Waals surface area contributed by atoms with Gasteiger partial charge >= 0.3 is 0 Å². The molecule has 8 nitrogen and oxygen atoms in total. The third kappa shape index (κ3) is 5.26. The van der Waals surface area contributed by atoms with Gasteiger partial charge in [-0.1, -0.05) is 23.2 Å². The van der Waals surface area contributed by atoms with Crippen molar-refractivity contribution >= 4 is 46.6 Å². The second kappa shape index (κ2) is 9.11. The maximum Gasteiger partial charge on any atom is 0.229 e. The maximum atomic E-state index is 11.6. The fourth-order valence-electron chi connectivity index (χ4n) is 3.61. The molecule has 0 spiro atoms. The third-order valence-corrected chi connectivity index (χ3v) is 5.64. The van der Waals surface area contributed by atoms with E-state index in [1.165, 1.54) is 0 Å². The van der Waals surface area contributed by atoms with Gasteiger partial charge in [0.05, 0.1) is 6.20 Å². The van der Waals surface area contributed by atoms with Crippen molar-refractivity contribution in [2.24, 2.45) is 7.05 Å². The molecule has 0 saturated carbocycles. The van der Waals surface area contributed by atoms with Gasteiger partial charge in [-0.3, -0.25) is 9.48 Å². The zero-order valence-electron chi connectivity index (χ0n) is 17.3. The molecule has 0 aliphatic carbocycles. The molecule has 10 heteroatoms. The number of nitrogens with zero attached hydrogens (tertiary/aromatic N) is 5. The van der Waals surface area contributed by atoms with E-state index < -0.39 is 0 Å². The van der Waals surface area contributed by atoms with Crippen molar-refractivity contribution in [3.63, 3.8) is 0 Å². The Bertz CT molecular complexity index is 1070. The summed E-state index contributed by atoms with van der Waals surface area (Å²) in [6, 6.07) is 5.39. The zero-order chi connectivity index (χ0) is 22.0. The van der Waals surface area contributed by atoms with Crippen molar-refractivity contribution in [3.05, 3.63) is 46.8 Å². The van der Waals surface area contributed by atoms with Crippen LogP contribution in [0.4, 0.5) is 17.5 Å². The highest BCUT2D eigenvalue weighted by atomic mass is 35.5. The number of nitrogens with one attached hydrogen (secondary N) is 2. The minimum atomic E-state index is 0.114. The van der Waals surface area contributed by atoms with E-state index in [9.17, 15) is 4.79 Å². The Balaban J connectivity index is 1.60. The summed E-state index contributed by atoms with van der Waals surface area (Å²) in [4.78, 5) is 22.7. The van der Waals surface area contributed by atoms with Crippen LogP contribution in [0.3, 0.4) is 0 Å². The second-order valence-corrected chi connectivity index (χ2v) is 8.44. The molecule has 31 heavy (non-hydrogen) atoms. The molecule has 1 amide bonds. The Morgan fingerprint density at radius 3 is 2.45 bits per heavy atom. The average molecular weight is 460 g/mol. The van der Waals surface area contributed by atoms with Gasteiger partial charge < -0.3 is 15.5 Å². The third-order valence-electron chi connectivity index (χ3n) is 5.20. The predicted octanol–water partition coefficient (Wildman–Crippen LogP) is 4.35. The number of rotatable bonds is 5. The number of carbonyl (C=O) groups excluding carboxylic acids is 1. The number of halogens is 2. The quantitative estimate of drug-likeness (QED) is 0.589. The Labute approximate surface area is 190 Å². The lowest BCUT2D eigenvalue weighted by Gasteiger charge is -2.32. The molecule has 3 aromatic rings. The van der Waals surface area contributed by atoms with E-state index in [0.29, 0.717) is 27.5 Å². The SMILES string of the molecule is CC(=O)N1CCC(Nc2nc(Nc3cc(Cl)cc(Cl)c3)ncc2-c2cnn(C)c2)CC1. The van der Waals surface area contributed by atoms with Gasteiger partial charge in [-0.15, -0.1) is 0 Å². The molecule has 4 rings (SSSR count). The minimum absolute atomic E-state index is 0.114. The predicted molar refractivity (Wildman–Crippen MR) is 123 cm³/mol. The smallest absolute Gasteiger partial charge is 0.229 e. The number of hydrogen-bond donors (Lipinski definition) is 2. The van der Waals surface area contributed by atoms with Gasteiger partial charge in [0, 0.05) is 72.4 Å². The van der Waals surface area contributed by atoms with E-state index in [0.717, 1.165) is 37.1 Å². The van der Waals surface area contributed by atoms with Crippen LogP contribution in [-0.4, -0.2) is 49.7 Å². The van der Waals surface area contributed by atoms with Gasteiger partial charge in [0.2, 0.25) is 11.9 Å². The molecule has 0 unspecified atom stereocenters. The van der Waals surface area contributed by atoms with Crippen molar-refractivity contribution in [2.75, 3.05) is 23.7 Å². The number of anilines is 3. The first-order valence-corrected chi connectivity index (χ1v) is 10.7. The number of likely N-dealkylation sites (tertiary alicyclic amines) is 1. The molecule has 1 fully saturated rings. The summed E-state index contributed by atoms with van der Waals surface area (Å²) in [6.45, 7) is 3.07. The van der Waals surface area contributed by atoms with Crippen molar-refractivity contribution in [1.29, 1.82) is 0 Å². The monoisotopic (exact) mass is 459 g/mol. The summed E-state index contributed by atoms with van der Waals surface area (Å²) in [7, 11) is 1.87. The van der Waals surface area contributed by atoms with E-state index in [1.54, 1.807) is 42.2 Å². The summed E-state index contributed by atoms with van der Waals surface area (Å²) >= 11 is 12.2. The number of aryl methyl sites for hydroxylation is 1. The molecule has 162 valence electrons. The normalized spacial score (nSPS) is 14.5. The molecule has 3 heterocycles. The van der Waals surface area contributed by atoms with E-state index in [1.807, 2.05) is 18.1 Å². The molecule has 0 atom stereocenters. The molecule has 1 aliphatic heterocycles. The number of benzene rings is 1. The standard InChI is InChI=1S/C21H23Cl2N7O/c1-13(31)30-5-3-17(4-6-30)26-20-19(14-10-25-29(2)12-14)11-24-21(28-20)27-18-8-15(22)7-16(23)9-18/h7-12,17H,3-6H2,1-2H3,(H2,24,26,27,28). The molecule has 2 aromatic heterocycles. The highest BCUT2D eigenvalue weighted by molar-refractivity contribution is 6.35. The first-order valence-electron chi connectivity index (χ1n) is 9.98. The van der Waals surface area contributed by atoms with Crippen LogP contribution >= 0.6 is 23.2 Å². The van der Waals surface area contributed by atoms with Crippen LogP contribution in [0.15, 0.2) is 36.8 Å². The molecular formula is C21H23Cl2N7O. The van der Waals surface area contributed by atoms with Crippen LogP contribution in [0.2, 0.25) is 10.0 Å². The lowest BCUT2D eigenvalue weighted by Crippen LogP contribution is -2.41. The van der Waals surface area contributed by atoms with E-state index in [4.69, 9.17) is 28.2 Å². The van der Waals surface area contributed by atoms with Gasteiger partial charge in [0.1, 0.15) is 5.82 Å². The summed E-state index contributed by atoms with van der Waals surface area (Å²) < 4.78 is 1.74. The summed E-state index contributed by atoms with van der Waals surface area (Å²) in [5.41, 5.74) is 2.48. The van der Waals surface area contributed by atoms with E-state index in [-0.39, 0.29) is 11.9 Å². The number of aromatic nitrogens is 4. The molecule has 1 aliphatic rings. The molecule has 2 N–H and O–H groups in total. The number of hydrogen-bond acceptors (Lipinski definition) is 6. The van der Waals surface area contributed by atoms with E-state index in [2.05, 4.69) is 20.7 Å². The Morgan fingerprint density at radius 1 is 1.13 bits per heavy atom. The Hall–Kier alpha value is -2.84. The lowest BCUT2D eigenvalue weighted by atomic mass is 10.0. The minimum Gasteiger partial charge on any atom is -0.367 e. The van der Waals surface area contributed by atoms with Gasteiger partial charge in [-0.05, 0) is 31.0 Å². The van der Waals surface area contributed by atoms with Gasteiger partial charge in [-0.2, -0.15) is 10.1 Å². The molecule has 1 saturated heterocycles. The average Bonchev–Trinajstić information content (AvgIpc) is 3.14. The van der Waals surface area contributed by atoms with Crippen LogP contribution in [0.25, 0.3) is 11.1 Å². The van der Waals surface area contributed by atoms with Crippen LogP contribution < -0.4 is 10.6 Å². The number of piperidine rings is 1. The van der Waals surface area contributed by atoms with Gasteiger partial charge in [-0.25, -0.2) is 4.98 Å². The molecule has 1 aromatic carbocycles. The van der Waals surface area contributed by atoms with Crippen molar-refractivity contribution < 1.29 is 4.79 Å². The number of carbonyl (C=O) groups is 1. The maximum absolute atomic E-state index is 11.6. The van der Waals surface area contributed by atoms with Crippen LogP contribution in [0, 0.1) is 0 Å². The van der Waals surface area contributed by atoms with Crippen LogP contribution in [-0.2, 0) is 11.8 Å². The fourth-order valence-corrected chi connectivity index (χ4v) is 4.14. The van der Waals surface area contributed by atoms with Crippen molar-refractivity contribution in [3.8, 4) is 11.1 Å². The lowest BCUT2D eigenvalue weighted by molar-refractivity contribution is -0.129. The highest BCUT2D eigenvalue weighted by Gasteiger charge is 2.22. The van der Waals surface area contributed by atoms with E-state index >= 15 is 0 Å².